The number of aromatic nitrogens is 2. The zero-order valence-electron chi connectivity index (χ0n) is 10.5. The second kappa shape index (κ2) is 6.66. The van der Waals surface area contributed by atoms with Gasteiger partial charge in [0.25, 0.3) is 0 Å². The summed E-state index contributed by atoms with van der Waals surface area (Å²) in [5, 5.41) is 12.8. The van der Waals surface area contributed by atoms with Gasteiger partial charge in [-0.2, -0.15) is 0 Å². The monoisotopic (exact) mass is 225 g/mol. The third-order valence-electron chi connectivity index (χ3n) is 2.61. The number of aliphatic hydroxyl groups excluding tert-OH is 1. The van der Waals surface area contributed by atoms with E-state index < -0.39 is 0 Å². The number of rotatable bonds is 7. The molecule has 0 amide bonds. The summed E-state index contributed by atoms with van der Waals surface area (Å²) in [7, 11) is 0. The lowest BCUT2D eigenvalue weighted by molar-refractivity contribution is 0.160. The number of aliphatic hydroxyl groups is 1. The average molecular weight is 225 g/mol. The van der Waals surface area contributed by atoms with Crippen molar-refractivity contribution in [1.29, 1.82) is 0 Å². The molecule has 1 unspecified atom stereocenters. The minimum Gasteiger partial charge on any atom is -0.392 e. The van der Waals surface area contributed by atoms with Gasteiger partial charge in [0, 0.05) is 25.3 Å². The quantitative estimate of drug-likeness (QED) is 0.743. The fourth-order valence-corrected chi connectivity index (χ4v) is 1.74. The summed E-state index contributed by atoms with van der Waals surface area (Å²) in [6.45, 7) is 7.77. The van der Waals surface area contributed by atoms with Crippen LogP contribution in [0.3, 0.4) is 0 Å². The smallest absolute Gasteiger partial charge is 0.0951 e. The lowest BCUT2D eigenvalue weighted by atomic mass is 10.2. The summed E-state index contributed by atoms with van der Waals surface area (Å²) < 4.78 is 2.14. The second-order valence-electron chi connectivity index (χ2n) is 4.46. The highest BCUT2D eigenvalue weighted by molar-refractivity contribution is 4.99. The predicted molar refractivity (Wildman–Crippen MR) is 65.2 cm³/mol. The Morgan fingerprint density at radius 3 is 2.88 bits per heavy atom. The standard InChI is InChI=1S/C12H23N3O/c1-4-5-12(16)8-13-6-11-7-14-9-15(11)10(2)3/h7,9-10,12-13,16H,4-6,8H2,1-3H3. The van der Waals surface area contributed by atoms with E-state index in [1.54, 1.807) is 0 Å². The molecule has 0 aliphatic rings. The SMILES string of the molecule is CCCC(O)CNCc1cncn1C(C)C. The minimum atomic E-state index is -0.236. The molecular formula is C12H23N3O. The molecule has 0 saturated carbocycles. The van der Waals surface area contributed by atoms with Gasteiger partial charge in [-0.25, -0.2) is 4.98 Å². The molecule has 4 nitrogen and oxygen atoms in total. The molecule has 92 valence electrons. The maximum Gasteiger partial charge on any atom is 0.0951 e. The van der Waals surface area contributed by atoms with E-state index in [2.05, 4.69) is 35.6 Å². The fraction of sp³-hybridized carbons (Fsp3) is 0.750. The summed E-state index contributed by atoms with van der Waals surface area (Å²) >= 11 is 0. The van der Waals surface area contributed by atoms with Crippen LogP contribution in [0.1, 0.15) is 45.3 Å². The van der Waals surface area contributed by atoms with Gasteiger partial charge in [-0.1, -0.05) is 13.3 Å². The normalized spacial score (nSPS) is 13.3. The molecule has 0 aliphatic heterocycles. The number of imidazole rings is 1. The molecular weight excluding hydrogens is 202 g/mol. The van der Waals surface area contributed by atoms with E-state index in [4.69, 9.17) is 0 Å². The van der Waals surface area contributed by atoms with Crippen molar-refractivity contribution in [2.75, 3.05) is 6.54 Å². The summed E-state index contributed by atoms with van der Waals surface area (Å²) in [5.41, 5.74) is 1.17. The number of nitrogens with one attached hydrogen (secondary N) is 1. The molecule has 1 atom stereocenters. The van der Waals surface area contributed by atoms with Crippen LogP contribution in [-0.4, -0.2) is 27.3 Å². The molecule has 0 saturated heterocycles. The minimum absolute atomic E-state index is 0.236. The van der Waals surface area contributed by atoms with Crippen molar-refractivity contribution >= 4 is 0 Å². The molecule has 0 radical (unpaired) electrons. The highest BCUT2D eigenvalue weighted by Gasteiger charge is 2.06. The molecule has 4 heteroatoms. The van der Waals surface area contributed by atoms with E-state index in [-0.39, 0.29) is 6.10 Å². The Kier molecular flexibility index (Phi) is 5.49. The first kappa shape index (κ1) is 13.2. The molecule has 0 spiro atoms. The van der Waals surface area contributed by atoms with Crippen molar-refractivity contribution in [3.05, 3.63) is 18.2 Å². The molecule has 2 N–H and O–H groups in total. The van der Waals surface area contributed by atoms with E-state index in [9.17, 15) is 5.11 Å². The van der Waals surface area contributed by atoms with Crippen molar-refractivity contribution < 1.29 is 5.11 Å². The van der Waals surface area contributed by atoms with Gasteiger partial charge in [-0.15, -0.1) is 0 Å². The lowest BCUT2D eigenvalue weighted by Gasteiger charge is -2.14. The van der Waals surface area contributed by atoms with Gasteiger partial charge in [0.15, 0.2) is 0 Å². The largest absolute Gasteiger partial charge is 0.392 e. The zero-order chi connectivity index (χ0) is 12.0. The first-order chi connectivity index (χ1) is 7.65. The van der Waals surface area contributed by atoms with Gasteiger partial charge in [-0.3, -0.25) is 0 Å². The molecule has 16 heavy (non-hydrogen) atoms. The van der Waals surface area contributed by atoms with E-state index in [1.807, 2.05) is 12.5 Å². The maximum absolute atomic E-state index is 9.57. The van der Waals surface area contributed by atoms with Crippen LogP contribution in [0.5, 0.6) is 0 Å². The molecule has 1 heterocycles. The topological polar surface area (TPSA) is 50.1 Å². The van der Waals surface area contributed by atoms with Crippen LogP contribution in [0.25, 0.3) is 0 Å². The van der Waals surface area contributed by atoms with Crippen molar-refractivity contribution in [2.45, 2.75) is 52.3 Å². The molecule has 1 aromatic heterocycles. The Labute approximate surface area is 97.7 Å². The zero-order valence-corrected chi connectivity index (χ0v) is 10.5. The van der Waals surface area contributed by atoms with E-state index in [1.165, 1.54) is 5.69 Å². The average Bonchev–Trinajstić information content (AvgIpc) is 2.66. The predicted octanol–water partition coefficient (Wildman–Crippen LogP) is 1.71. The molecule has 0 bridgehead atoms. The van der Waals surface area contributed by atoms with Crippen LogP contribution >= 0.6 is 0 Å². The van der Waals surface area contributed by atoms with Gasteiger partial charge in [-0.05, 0) is 20.3 Å². The number of nitrogens with zero attached hydrogens (tertiary/aromatic N) is 2. The van der Waals surface area contributed by atoms with E-state index in [0.717, 1.165) is 19.4 Å². The summed E-state index contributed by atoms with van der Waals surface area (Å²) in [5.74, 6) is 0. The number of hydrogen-bond acceptors (Lipinski definition) is 3. The fourth-order valence-electron chi connectivity index (χ4n) is 1.74. The van der Waals surface area contributed by atoms with Gasteiger partial charge in [0.05, 0.1) is 18.1 Å². The Bertz CT molecular complexity index is 296. The van der Waals surface area contributed by atoms with Gasteiger partial charge >= 0.3 is 0 Å². The van der Waals surface area contributed by atoms with Crippen molar-refractivity contribution in [3.8, 4) is 0 Å². The van der Waals surface area contributed by atoms with Crippen molar-refractivity contribution in [2.24, 2.45) is 0 Å². The molecule has 1 aromatic rings. The van der Waals surface area contributed by atoms with Gasteiger partial charge in [0.1, 0.15) is 0 Å². The van der Waals surface area contributed by atoms with Gasteiger partial charge in [0.2, 0.25) is 0 Å². The Hall–Kier alpha value is -0.870. The molecule has 0 fully saturated rings. The maximum atomic E-state index is 9.57. The van der Waals surface area contributed by atoms with Crippen molar-refractivity contribution in [3.63, 3.8) is 0 Å². The summed E-state index contributed by atoms with van der Waals surface area (Å²) in [6.07, 6.45) is 5.37. The molecule has 0 aliphatic carbocycles. The van der Waals surface area contributed by atoms with Crippen LogP contribution in [0.4, 0.5) is 0 Å². The lowest BCUT2D eigenvalue weighted by Crippen LogP contribution is -2.27. The third kappa shape index (κ3) is 3.94. The summed E-state index contributed by atoms with van der Waals surface area (Å²) in [6, 6.07) is 0.430. The van der Waals surface area contributed by atoms with Gasteiger partial charge < -0.3 is 15.0 Å². The van der Waals surface area contributed by atoms with Crippen molar-refractivity contribution in [1.82, 2.24) is 14.9 Å². The molecule has 1 rings (SSSR count). The van der Waals surface area contributed by atoms with Crippen LogP contribution in [-0.2, 0) is 6.54 Å². The first-order valence-electron chi connectivity index (χ1n) is 6.04. The Morgan fingerprint density at radius 2 is 2.25 bits per heavy atom. The highest BCUT2D eigenvalue weighted by atomic mass is 16.3. The van der Waals surface area contributed by atoms with Crippen LogP contribution in [0.2, 0.25) is 0 Å². The van der Waals surface area contributed by atoms with Crippen LogP contribution < -0.4 is 5.32 Å². The van der Waals surface area contributed by atoms with E-state index in [0.29, 0.717) is 12.6 Å². The Balaban J connectivity index is 2.34. The summed E-state index contributed by atoms with van der Waals surface area (Å²) in [4.78, 5) is 4.14. The number of hydrogen-bond donors (Lipinski definition) is 2. The van der Waals surface area contributed by atoms with Crippen LogP contribution in [0, 0.1) is 0 Å². The molecule has 0 aromatic carbocycles. The second-order valence-corrected chi connectivity index (χ2v) is 4.46. The highest BCUT2D eigenvalue weighted by Crippen LogP contribution is 2.08. The Morgan fingerprint density at radius 1 is 1.50 bits per heavy atom. The van der Waals surface area contributed by atoms with E-state index >= 15 is 0 Å². The third-order valence-corrected chi connectivity index (χ3v) is 2.61. The first-order valence-corrected chi connectivity index (χ1v) is 6.04. The van der Waals surface area contributed by atoms with Crippen LogP contribution in [0.15, 0.2) is 12.5 Å².